The Morgan fingerprint density at radius 3 is 2.65 bits per heavy atom. The molecule has 1 aliphatic rings. The van der Waals surface area contributed by atoms with Gasteiger partial charge in [0.15, 0.2) is 0 Å². The van der Waals surface area contributed by atoms with Crippen molar-refractivity contribution in [3.63, 3.8) is 0 Å². The van der Waals surface area contributed by atoms with E-state index >= 15 is 0 Å². The van der Waals surface area contributed by atoms with Crippen molar-refractivity contribution in [1.82, 2.24) is 9.88 Å². The summed E-state index contributed by atoms with van der Waals surface area (Å²) in [6, 6.07) is 6.25. The SMILES string of the molecule is Cc1oc(-c2ccc(F)cc2)nc1CN1CCSCC1. The highest BCUT2D eigenvalue weighted by Gasteiger charge is 2.16. The highest BCUT2D eigenvalue weighted by Crippen LogP contribution is 2.23. The Morgan fingerprint density at radius 2 is 1.95 bits per heavy atom. The maximum atomic E-state index is 12.9. The average molecular weight is 292 g/mol. The Balaban J connectivity index is 1.78. The fourth-order valence-corrected chi connectivity index (χ4v) is 3.24. The van der Waals surface area contributed by atoms with E-state index in [0.717, 1.165) is 36.7 Å². The molecule has 3 rings (SSSR count). The quantitative estimate of drug-likeness (QED) is 0.867. The maximum absolute atomic E-state index is 12.9. The number of aryl methyl sites for hydroxylation is 1. The van der Waals surface area contributed by atoms with Crippen LogP contribution >= 0.6 is 11.8 Å². The van der Waals surface area contributed by atoms with Crippen molar-refractivity contribution in [2.75, 3.05) is 24.6 Å². The molecular weight excluding hydrogens is 275 g/mol. The van der Waals surface area contributed by atoms with Gasteiger partial charge in [0, 0.05) is 36.7 Å². The van der Waals surface area contributed by atoms with Gasteiger partial charge in [0.25, 0.3) is 0 Å². The fraction of sp³-hybridized carbons (Fsp3) is 0.400. The molecule has 0 amide bonds. The van der Waals surface area contributed by atoms with Crippen LogP contribution in [0.15, 0.2) is 28.7 Å². The minimum atomic E-state index is -0.247. The van der Waals surface area contributed by atoms with E-state index in [1.54, 1.807) is 12.1 Å². The van der Waals surface area contributed by atoms with Crippen LogP contribution in [-0.2, 0) is 6.54 Å². The molecule has 1 aromatic carbocycles. The van der Waals surface area contributed by atoms with Gasteiger partial charge in [0.05, 0.1) is 5.69 Å². The Bertz CT molecular complexity index is 576. The zero-order chi connectivity index (χ0) is 13.9. The second kappa shape index (κ2) is 5.97. The molecule has 0 atom stereocenters. The molecule has 0 radical (unpaired) electrons. The smallest absolute Gasteiger partial charge is 0.226 e. The summed E-state index contributed by atoms with van der Waals surface area (Å²) in [5, 5.41) is 0. The van der Waals surface area contributed by atoms with Crippen LogP contribution in [0.4, 0.5) is 4.39 Å². The average Bonchev–Trinajstić information content (AvgIpc) is 2.82. The Kier molecular flexibility index (Phi) is 4.08. The lowest BCUT2D eigenvalue weighted by molar-refractivity contribution is 0.289. The lowest BCUT2D eigenvalue weighted by Crippen LogP contribution is -2.32. The van der Waals surface area contributed by atoms with E-state index in [1.165, 1.54) is 23.6 Å². The van der Waals surface area contributed by atoms with Crippen molar-refractivity contribution >= 4 is 11.8 Å². The Labute approximate surface area is 122 Å². The molecule has 1 saturated heterocycles. The van der Waals surface area contributed by atoms with Crippen LogP contribution in [0.25, 0.3) is 11.5 Å². The van der Waals surface area contributed by atoms with E-state index in [2.05, 4.69) is 9.88 Å². The third kappa shape index (κ3) is 3.04. The monoisotopic (exact) mass is 292 g/mol. The van der Waals surface area contributed by atoms with Gasteiger partial charge in [-0.3, -0.25) is 4.90 Å². The summed E-state index contributed by atoms with van der Waals surface area (Å²) >= 11 is 2.00. The second-order valence-corrected chi connectivity index (χ2v) is 6.14. The minimum Gasteiger partial charge on any atom is -0.441 e. The number of rotatable bonds is 3. The molecule has 106 valence electrons. The van der Waals surface area contributed by atoms with Gasteiger partial charge in [0.2, 0.25) is 5.89 Å². The summed E-state index contributed by atoms with van der Waals surface area (Å²) < 4.78 is 18.7. The van der Waals surface area contributed by atoms with Crippen molar-refractivity contribution in [2.45, 2.75) is 13.5 Å². The van der Waals surface area contributed by atoms with E-state index in [-0.39, 0.29) is 5.82 Å². The minimum absolute atomic E-state index is 0.247. The fourth-order valence-electron chi connectivity index (χ4n) is 2.26. The highest BCUT2D eigenvalue weighted by molar-refractivity contribution is 7.99. The predicted octanol–water partition coefficient (Wildman–Crippen LogP) is 3.34. The molecule has 1 aliphatic heterocycles. The standard InChI is InChI=1S/C15H17FN2OS/c1-11-14(10-18-6-8-20-9-7-18)17-15(19-11)12-2-4-13(16)5-3-12/h2-5H,6-10H2,1H3. The van der Waals surface area contributed by atoms with Gasteiger partial charge in [-0.15, -0.1) is 0 Å². The number of benzene rings is 1. The topological polar surface area (TPSA) is 29.3 Å². The largest absolute Gasteiger partial charge is 0.441 e. The number of aromatic nitrogens is 1. The number of halogens is 1. The van der Waals surface area contributed by atoms with Gasteiger partial charge < -0.3 is 4.42 Å². The summed E-state index contributed by atoms with van der Waals surface area (Å²) in [5.41, 5.74) is 1.80. The van der Waals surface area contributed by atoms with Crippen LogP contribution in [0.2, 0.25) is 0 Å². The second-order valence-electron chi connectivity index (χ2n) is 4.92. The molecule has 0 unspecified atom stereocenters. The summed E-state index contributed by atoms with van der Waals surface area (Å²) in [6.45, 7) is 4.97. The molecule has 1 fully saturated rings. The van der Waals surface area contributed by atoms with Crippen LogP contribution in [0.5, 0.6) is 0 Å². The Hall–Kier alpha value is -1.33. The summed E-state index contributed by atoms with van der Waals surface area (Å²) in [4.78, 5) is 6.96. The predicted molar refractivity (Wildman–Crippen MR) is 79.2 cm³/mol. The van der Waals surface area contributed by atoms with Crippen molar-refractivity contribution < 1.29 is 8.81 Å². The first-order valence-corrected chi connectivity index (χ1v) is 7.90. The van der Waals surface area contributed by atoms with Gasteiger partial charge in [-0.2, -0.15) is 11.8 Å². The zero-order valence-corrected chi connectivity index (χ0v) is 12.3. The third-order valence-corrected chi connectivity index (χ3v) is 4.40. The number of hydrogen-bond acceptors (Lipinski definition) is 4. The molecule has 3 nitrogen and oxygen atoms in total. The molecular formula is C15H17FN2OS. The van der Waals surface area contributed by atoms with Gasteiger partial charge in [0.1, 0.15) is 11.6 Å². The van der Waals surface area contributed by atoms with Crippen molar-refractivity contribution in [3.8, 4) is 11.5 Å². The molecule has 0 spiro atoms. The van der Waals surface area contributed by atoms with Crippen LogP contribution < -0.4 is 0 Å². The van der Waals surface area contributed by atoms with E-state index in [9.17, 15) is 4.39 Å². The number of oxazole rings is 1. The van der Waals surface area contributed by atoms with Gasteiger partial charge in [-0.1, -0.05) is 0 Å². The third-order valence-electron chi connectivity index (χ3n) is 3.46. The van der Waals surface area contributed by atoms with Crippen LogP contribution in [0, 0.1) is 12.7 Å². The van der Waals surface area contributed by atoms with Crippen LogP contribution in [0.3, 0.4) is 0 Å². The zero-order valence-electron chi connectivity index (χ0n) is 11.4. The number of thioether (sulfide) groups is 1. The molecule has 0 N–H and O–H groups in total. The van der Waals surface area contributed by atoms with Crippen LogP contribution in [-0.4, -0.2) is 34.5 Å². The van der Waals surface area contributed by atoms with E-state index in [4.69, 9.17) is 4.42 Å². The number of hydrogen-bond donors (Lipinski definition) is 0. The lowest BCUT2D eigenvalue weighted by atomic mass is 10.2. The highest BCUT2D eigenvalue weighted by atomic mass is 32.2. The molecule has 0 bridgehead atoms. The lowest BCUT2D eigenvalue weighted by Gasteiger charge is -2.25. The molecule has 2 aromatic rings. The number of nitrogens with zero attached hydrogens (tertiary/aromatic N) is 2. The first-order valence-electron chi connectivity index (χ1n) is 6.75. The van der Waals surface area contributed by atoms with Gasteiger partial charge >= 0.3 is 0 Å². The molecule has 0 saturated carbocycles. The molecule has 1 aromatic heterocycles. The first-order chi connectivity index (χ1) is 9.72. The molecule has 0 aliphatic carbocycles. The summed E-state index contributed by atoms with van der Waals surface area (Å²) in [6.07, 6.45) is 0. The Morgan fingerprint density at radius 1 is 1.25 bits per heavy atom. The van der Waals surface area contributed by atoms with E-state index in [0.29, 0.717) is 5.89 Å². The van der Waals surface area contributed by atoms with E-state index in [1.807, 2.05) is 18.7 Å². The maximum Gasteiger partial charge on any atom is 0.226 e. The normalized spacial score (nSPS) is 16.5. The van der Waals surface area contributed by atoms with E-state index < -0.39 is 0 Å². The summed E-state index contributed by atoms with van der Waals surface area (Å²) in [7, 11) is 0. The molecule has 5 heteroatoms. The summed E-state index contributed by atoms with van der Waals surface area (Å²) in [5.74, 6) is 3.54. The van der Waals surface area contributed by atoms with Gasteiger partial charge in [-0.05, 0) is 31.2 Å². The van der Waals surface area contributed by atoms with Crippen molar-refractivity contribution in [3.05, 3.63) is 41.5 Å². The molecule has 2 heterocycles. The first kappa shape index (κ1) is 13.6. The van der Waals surface area contributed by atoms with Gasteiger partial charge in [-0.25, -0.2) is 9.37 Å². The van der Waals surface area contributed by atoms with Crippen molar-refractivity contribution in [2.24, 2.45) is 0 Å². The van der Waals surface area contributed by atoms with Crippen molar-refractivity contribution in [1.29, 1.82) is 0 Å². The molecule has 20 heavy (non-hydrogen) atoms. The van der Waals surface area contributed by atoms with Crippen LogP contribution in [0.1, 0.15) is 11.5 Å².